The number of hydrogen-bond donors (Lipinski definition) is 0. The molecule has 1 aromatic rings. The van der Waals surface area contributed by atoms with Crippen molar-refractivity contribution in [2.45, 2.75) is 30.8 Å². The molecular formula is C21H24N2O4. The largest absolute Gasteiger partial charge is 0.468 e. The van der Waals surface area contributed by atoms with Gasteiger partial charge in [-0.25, -0.2) is 0 Å². The highest BCUT2D eigenvalue weighted by atomic mass is 16.5. The van der Waals surface area contributed by atoms with Gasteiger partial charge in [-0.05, 0) is 31.4 Å². The number of likely N-dealkylation sites (tertiary alicyclic amines) is 1. The Morgan fingerprint density at radius 1 is 1.19 bits per heavy atom. The molecule has 0 N–H and O–H groups in total. The Labute approximate surface area is 158 Å². The fourth-order valence-electron chi connectivity index (χ4n) is 5.16. The van der Waals surface area contributed by atoms with Gasteiger partial charge in [-0.3, -0.25) is 24.2 Å². The van der Waals surface area contributed by atoms with Crippen LogP contribution in [0.2, 0.25) is 0 Å². The van der Waals surface area contributed by atoms with E-state index in [2.05, 4.69) is 4.90 Å². The number of carbonyl (C=O) groups excluding carboxylic acids is 3. The summed E-state index contributed by atoms with van der Waals surface area (Å²) in [5, 5.41) is 0. The van der Waals surface area contributed by atoms with E-state index in [0.717, 1.165) is 18.4 Å². The summed E-state index contributed by atoms with van der Waals surface area (Å²) in [6.45, 7) is 0.677. The van der Waals surface area contributed by atoms with Crippen molar-refractivity contribution in [3.8, 4) is 0 Å². The van der Waals surface area contributed by atoms with Gasteiger partial charge in [0.25, 0.3) is 0 Å². The van der Waals surface area contributed by atoms with Crippen LogP contribution in [0.25, 0.3) is 6.08 Å². The number of carbonyl (C=O) groups is 3. The van der Waals surface area contributed by atoms with Crippen molar-refractivity contribution < 1.29 is 19.1 Å². The standard InChI is InChI=1S/C21H24N2O4/c1-22-18(24)16-15(11-10-14-8-4-3-5-9-14)23-13-7-6-12-21(23,20(26)27-2)17(16)19(22)25/h3-5,8-11,15-17H,6-7,12-13H2,1-2H3/b11-10+/t15-,16+,17-,21+/m1/s1. The average molecular weight is 368 g/mol. The van der Waals surface area contributed by atoms with Crippen LogP contribution < -0.4 is 0 Å². The molecule has 142 valence electrons. The fourth-order valence-corrected chi connectivity index (χ4v) is 5.16. The van der Waals surface area contributed by atoms with Crippen molar-refractivity contribution in [1.29, 1.82) is 0 Å². The van der Waals surface area contributed by atoms with Gasteiger partial charge in [0.15, 0.2) is 0 Å². The zero-order chi connectivity index (χ0) is 19.2. The van der Waals surface area contributed by atoms with E-state index in [0.29, 0.717) is 13.0 Å². The minimum absolute atomic E-state index is 0.203. The third kappa shape index (κ3) is 2.46. The molecule has 3 aliphatic rings. The molecule has 0 unspecified atom stereocenters. The Bertz CT molecular complexity index is 806. The van der Waals surface area contributed by atoms with Crippen LogP contribution in [0.4, 0.5) is 0 Å². The molecule has 3 heterocycles. The quantitative estimate of drug-likeness (QED) is 0.600. The van der Waals surface area contributed by atoms with E-state index in [1.165, 1.54) is 19.1 Å². The Morgan fingerprint density at radius 3 is 2.63 bits per heavy atom. The normalized spacial score (nSPS) is 33.4. The molecule has 0 spiro atoms. The third-order valence-electron chi connectivity index (χ3n) is 6.36. The molecule has 3 aliphatic heterocycles. The number of ether oxygens (including phenoxy) is 1. The van der Waals surface area contributed by atoms with E-state index < -0.39 is 23.3 Å². The molecule has 3 saturated heterocycles. The van der Waals surface area contributed by atoms with Crippen LogP contribution in [0.1, 0.15) is 24.8 Å². The first kappa shape index (κ1) is 17.9. The van der Waals surface area contributed by atoms with Crippen LogP contribution in [0.5, 0.6) is 0 Å². The highest BCUT2D eigenvalue weighted by Gasteiger charge is 2.71. The number of methoxy groups -OCH3 is 1. The van der Waals surface area contributed by atoms with E-state index >= 15 is 0 Å². The molecule has 0 aromatic heterocycles. The lowest BCUT2D eigenvalue weighted by Gasteiger charge is -2.43. The van der Waals surface area contributed by atoms with Crippen LogP contribution in [0, 0.1) is 11.8 Å². The molecule has 1 aromatic carbocycles. The van der Waals surface area contributed by atoms with Crippen LogP contribution >= 0.6 is 0 Å². The Morgan fingerprint density at radius 2 is 1.93 bits per heavy atom. The van der Waals surface area contributed by atoms with E-state index in [9.17, 15) is 14.4 Å². The first-order valence-corrected chi connectivity index (χ1v) is 9.42. The highest BCUT2D eigenvalue weighted by molar-refractivity contribution is 6.09. The van der Waals surface area contributed by atoms with Gasteiger partial charge in [0.1, 0.15) is 5.54 Å². The number of nitrogens with zero attached hydrogens (tertiary/aromatic N) is 2. The van der Waals surface area contributed by atoms with Crippen molar-refractivity contribution in [3.63, 3.8) is 0 Å². The van der Waals surface area contributed by atoms with Gasteiger partial charge in [0.05, 0.1) is 18.9 Å². The van der Waals surface area contributed by atoms with Crippen molar-refractivity contribution in [3.05, 3.63) is 42.0 Å². The van der Waals surface area contributed by atoms with Gasteiger partial charge < -0.3 is 4.74 Å². The number of amides is 2. The lowest BCUT2D eigenvalue weighted by atomic mass is 9.75. The monoisotopic (exact) mass is 368 g/mol. The SMILES string of the molecule is COC(=O)[C@@]12CCCCN1[C@H](/C=C/c1ccccc1)[C@@H]1C(=O)N(C)C(=O)[C@@H]12. The highest BCUT2D eigenvalue weighted by Crippen LogP contribution is 2.53. The summed E-state index contributed by atoms with van der Waals surface area (Å²) in [5.41, 5.74) is -0.0207. The zero-order valence-electron chi connectivity index (χ0n) is 15.6. The number of fused-ring (bicyclic) bond motifs is 3. The van der Waals surface area contributed by atoms with Crippen LogP contribution in [0.15, 0.2) is 36.4 Å². The van der Waals surface area contributed by atoms with E-state index in [1.807, 2.05) is 42.5 Å². The van der Waals surface area contributed by atoms with E-state index in [-0.39, 0.29) is 17.9 Å². The number of esters is 1. The molecular weight excluding hydrogens is 344 g/mol. The maximum absolute atomic E-state index is 12.9. The maximum Gasteiger partial charge on any atom is 0.327 e. The molecule has 6 nitrogen and oxygen atoms in total. The van der Waals surface area contributed by atoms with Crippen molar-refractivity contribution in [1.82, 2.24) is 9.80 Å². The summed E-state index contributed by atoms with van der Waals surface area (Å²) in [6.07, 6.45) is 6.28. The van der Waals surface area contributed by atoms with Crippen molar-refractivity contribution in [2.24, 2.45) is 11.8 Å². The second kappa shape index (κ2) is 6.60. The zero-order valence-corrected chi connectivity index (χ0v) is 15.6. The third-order valence-corrected chi connectivity index (χ3v) is 6.36. The molecule has 2 amide bonds. The number of piperidine rings is 1. The Balaban J connectivity index is 1.81. The average Bonchev–Trinajstić information content (AvgIpc) is 3.13. The summed E-state index contributed by atoms with van der Waals surface area (Å²) in [7, 11) is 2.87. The molecule has 0 saturated carbocycles. The summed E-state index contributed by atoms with van der Waals surface area (Å²) < 4.78 is 5.15. The van der Waals surface area contributed by atoms with Crippen LogP contribution in [0.3, 0.4) is 0 Å². The Hall–Kier alpha value is -2.47. The van der Waals surface area contributed by atoms with Gasteiger partial charge in [-0.15, -0.1) is 0 Å². The van der Waals surface area contributed by atoms with Crippen molar-refractivity contribution in [2.75, 3.05) is 20.7 Å². The van der Waals surface area contributed by atoms with Crippen LogP contribution in [-0.2, 0) is 19.1 Å². The molecule has 0 radical (unpaired) electrons. The minimum Gasteiger partial charge on any atom is -0.468 e. The van der Waals surface area contributed by atoms with E-state index in [4.69, 9.17) is 4.74 Å². The number of benzene rings is 1. The van der Waals surface area contributed by atoms with Gasteiger partial charge >= 0.3 is 5.97 Å². The summed E-state index contributed by atoms with van der Waals surface area (Å²) in [6, 6.07) is 9.53. The van der Waals surface area contributed by atoms with Gasteiger partial charge in [-0.1, -0.05) is 42.5 Å². The minimum atomic E-state index is -1.04. The molecule has 6 heteroatoms. The smallest absolute Gasteiger partial charge is 0.327 e. The summed E-state index contributed by atoms with van der Waals surface area (Å²) >= 11 is 0. The Kier molecular flexibility index (Phi) is 4.38. The number of hydrogen-bond acceptors (Lipinski definition) is 5. The van der Waals surface area contributed by atoms with E-state index in [1.54, 1.807) is 0 Å². The first-order chi connectivity index (χ1) is 13.0. The number of rotatable bonds is 3. The molecule has 4 atom stereocenters. The predicted octanol–water partition coefficient (Wildman–Crippen LogP) is 1.71. The van der Waals surface area contributed by atoms with Gasteiger partial charge in [0, 0.05) is 13.1 Å². The summed E-state index contributed by atoms with van der Waals surface area (Å²) in [5.74, 6) is -2.08. The molecule has 0 aliphatic carbocycles. The van der Waals surface area contributed by atoms with Crippen molar-refractivity contribution >= 4 is 23.9 Å². The molecule has 3 fully saturated rings. The fraction of sp³-hybridized carbons (Fsp3) is 0.476. The molecule has 27 heavy (non-hydrogen) atoms. The first-order valence-electron chi connectivity index (χ1n) is 9.42. The second-order valence-corrected chi connectivity index (χ2v) is 7.57. The maximum atomic E-state index is 12.9. The summed E-state index contributed by atoms with van der Waals surface area (Å²) in [4.78, 5) is 42.0. The lowest BCUT2D eigenvalue weighted by molar-refractivity contribution is -0.163. The molecule has 0 bridgehead atoms. The lowest BCUT2D eigenvalue weighted by Crippen LogP contribution is -2.60. The topological polar surface area (TPSA) is 66.9 Å². The van der Waals surface area contributed by atoms with Crippen LogP contribution in [-0.4, -0.2) is 59.9 Å². The number of imide groups is 1. The van der Waals surface area contributed by atoms with Gasteiger partial charge in [0.2, 0.25) is 11.8 Å². The molecule has 4 rings (SSSR count). The van der Waals surface area contributed by atoms with Gasteiger partial charge in [-0.2, -0.15) is 0 Å². The predicted molar refractivity (Wildman–Crippen MR) is 99.3 cm³/mol. The second-order valence-electron chi connectivity index (χ2n) is 7.57.